The van der Waals surface area contributed by atoms with Gasteiger partial charge in [-0.2, -0.15) is 0 Å². The van der Waals surface area contributed by atoms with E-state index in [4.69, 9.17) is 4.74 Å². The Morgan fingerprint density at radius 2 is 1.83 bits per heavy atom. The van der Waals surface area contributed by atoms with E-state index in [0.29, 0.717) is 17.6 Å². The second kappa shape index (κ2) is 7.89. The van der Waals surface area contributed by atoms with E-state index in [1.54, 1.807) is 36.7 Å². The minimum atomic E-state index is -0.782. The lowest BCUT2D eigenvalue weighted by molar-refractivity contribution is -0.144. The first-order valence-electron chi connectivity index (χ1n) is 7.13. The van der Waals surface area contributed by atoms with E-state index in [1.807, 2.05) is 18.2 Å². The maximum Gasteiger partial charge on any atom is 0.328 e. The Morgan fingerprint density at radius 3 is 2.43 bits per heavy atom. The molecule has 1 heterocycles. The number of carbonyl (C=O) groups is 2. The van der Waals surface area contributed by atoms with E-state index in [0.717, 1.165) is 5.56 Å². The number of nitrogens with zero attached hydrogens (tertiary/aromatic N) is 1. The van der Waals surface area contributed by atoms with Crippen molar-refractivity contribution in [3.63, 3.8) is 0 Å². The maximum atomic E-state index is 12.3. The summed E-state index contributed by atoms with van der Waals surface area (Å²) >= 11 is 0. The number of pyridine rings is 1. The highest BCUT2D eigenvalue weighted by Crippen LogP contribution is 2.12. The molecular weight excluding hydrogens is 292 g/mol. The van der Waals surface area contributed by atoms with Gasteiger partial charge in [-0.25, -0.2) is 4.79 Å². The Labute approximate surface area is 135 Å². The highest BCUT2D eigenvalue weighted by Gasteiger charge is 2.23. The number of hydrogen-bond donors (Lipinski definition) is 1. The van der Waals surface area contributed by atoms with Crippen LogP contribution in [0.4, 0.5) is 0 Å². The molecule has 0 saturated heterocycles. The molecule has 1 amide bonds. The topological polar surface area (TPSA) is 68.3 Å². The largest absolute Gasteiger partial charge is 0.467 e. The standard InChI is InChI=1S/C18H18N2O3/c1-13(15-6-4-3-5-7-15)17(21)20-16(18(22)23-2)12-14-8-10-19-11-9-14/h3-11,16H,1,12H2,2H3,(H,20,21). The minimum Gasteiger partial charge on any atom is -0.467 e. The van der Waals surface area contributed by atoms with Crippen LogP contribution in [-0.4, -0.2) is 30.0 Å². The molecule has 0 saturated carbocycles. The molecule has 0 aliphatic carbocycles. The van der Waals surface area contributed by atoms with Gasteiger partial charge in [-0.05, 0) is 23.3 Å². The van der Waals surface area contributed by atoms with Gasteiger partial charge in [0.15, 0.2) is 0 Å². The lowest BCUT2D eigenvalue weighted by Crippen LogP contribution is -2.43. The highest BCUT2D eigenvalue weighted by atomic mass is 16.5. The van der Waals surface area contributed by atoms with Crippen molar-refractivity contribution >= 4 is 17.4 Å². The number of hydrogen-bond acceptors (Lipinski definition) is 4. The van der Waals surface area contributed by atoms with Crippen molar-refractivity contribution in [1.29, 1.82) is 0 Å². The van der Waals surface area contributed by atoms with Crippen LogP contribution in [0.1, 0.15) is 11.1 Å². The quantitative estimate of drug-likeness (QED) is 0.654. The molecule has 1 atom stereocenters. The Hall–Kier alpha value is -2.95. The number of benzene rings is 1. The summed E-state index contributed by atoms with van der Waals surface area (Å²) in [4.78, 5) is 28.2. The fraction of sp³-hybridized carbons (Fsp3) is 0.167. The SMILES string of the molecule is C=C(C(=O)NC(Cc1ccncc1)C(=O)OC)c1ccccc1. The van der Waals surface area contributed by atoms with Crippen LogP contribution in [0, 0.1) is 0 Å². The number of ether oxygens (including phenoxy) is 1. The second-order valence-electron chi connectivity index (χ2n) is 4.95. The third-order valence-electron chi connectivity index (χ3n) is 3.38. The summed E-state index contributed by atoms with van der Waals surface area (Å²) in [5.41, 5.74) is 1.88. The van der Waals surface area contributed by atoms with Gasteiger partial charge in [0, 0.05) is 24.4 Å². The first kappa shape index (κ1) is 16.4. The molecule has 5 nitrogen and oxygen atoms in total. The second-order valence-corrected chi connectivity index (χ2v) is 4.95. The molecule has 0 aliphatic heterocycles. The summed E-state index contributed by atoms with van der Waals surface area (Å²) in [6.07, 6.45) is 3.59. The van der Waals surface area contributed by atoms with Crippen LogP contribution in [-0.2, 0) is 20.7 Å². The number of carbonyl (C=O) groups excluding carboxylic acids is 2. The first-order chi connectivity index (χ1) is 11.1. The Bertz CT molecular complexity index is 684. The molecule has 1 unspecified atom stereocenters. The third-order valence-corrected chi connectivity index (χ3v) is 3.38. The van der Waals surface area contributed by atoms with Gasteiger partial charge in [0.1, 0.15) is 6.04 Å². The molecule has 0 bridgehead atoms. The lowest BCUT2D eigenvalue weighted by atomic mass is 10.0. The number of methoxy groups -OCH3 is 1. The number of nitrogens with one attached hydrogen (secondary N) is 1. The van der Waals surface area contributed by atoms with E-state index in [-0.39, 0.29) is 0 Å². The molecule has 23 heavy (non-hydrogen) atoms. The van der Waals surface area contributed by atoms with E-state index >= 15 is 0 Å². The zero-order valence-electron chi connectivity index (χ0n) is 12.9. The van der Waals surface area contributed by atoms with Gasteiger partial charge in [-0.1, -0.05) is 36.9 Å². The summed E-state index contributed by atoms with van der Waals surface area (Å²) in [6, 6.07) is 11.9. The van der Waals surface area contributed by atoms with Gasteiger partial charge >= 0.3 is 5.97 Å². The predicted molar refractivity (Wildman–Crippen MR) is 87.4 cm³/mol. The average molecular weight is 310 g/mol. The molecule has 0 aliphatic rings. The third kappa shape index (κ3) is 4.51. The number of amides is 1. The Balaban J connectivity index is 2.10. The molecule has 0 spiro atoms. The van der Waals surface area contributed by atoms with Crippen molar-refractivity contribution in [1.82, 2.24) is 10.3 Å². The van der Waals surface area contributed by atoms with Gasteiger partial charge in [0.2, 0.25) is 0 Å². The normalized spacial score (nSPS) is 11.3. The first-order valence-corrected chi connectivity index (χ1v) is 7.13. The smallest absolute Gasteiger partial charge is 0.328 e. The van der Waals surface area contributed by atoms with Crippen molar-refractivity contribution in [3.05, 3.63) is 72.6 Å². The lowest BCUT2D eigenvalue weighted by Gasteiger charge is -2.17. The van der Waals surface area contributed by atoms with Crippen LogP contribution < -0.4 is 5.32 Å². The summed E-state index contributed by atoms with van der Waals surface area (Å²) in [7, 11) is 1.29. The van der Waals surface area contributed by atoms with Crippen LogP contribution in [0.25, 0.3) is 5.57 Å². The molecule has 118 valence electrons. The van der Waals surface area contributed by atoms with E-state index in [1.165, 1.54) is 7.11 Å². The Morgan fingerprint density at radius 1 is 1.17 bits per heavy atom. The van der Waals surface area contributed by atoms with E-state index < -0.39 is 17.9 Å². The van der Waals surface area contributed by atoms with Gasteiger partial charge in [-0.3, -0.25) is 9.78 Å². The minimum absolute atomic E-state index is 0.300. The van der Waals surface area contributed by atoms with Crippen LogP contribution in [0.15, 0.2) is 61.4 Å². The van der Waals surface area contributed by atoms with E-state index in [2.05, 4.69) is 16.9 Å². The van der Waals surface area contributed by atoms with Crippen molar-refractivity contribution in [2.75, 3.05) is 7.11 Å². The fourth-order valence-electron chi connectivity index (χ4n) is 2.11. The van der Waals surface area contributed by atoms with Crippen molar-refractivity contribution in [2.45, 2.75) is 12.5 Å². The molecule has 0 fully saturated rings. The van der Waals surface area contributed by atoms with Gasteiger partial charge in [0.25, 0.3) is 5.91 Å². The molecule has 2 aromatic rings. The summed E-state index contributed by atoms with van der Waals surface area (Å²) in [5.74, 6) is -0.906. The van der Waals surface area contributed by atoms with E-state index in [9.17, 15) is 9.59 Å². The zero-order valence-corrected chi connectivity index (χ0v) is 12.9. The van der Waals surface area contributed by atoms with Crippen LogP contribution in [0.3, 0.4) is 0 Å². The highest BCUT2D eigenvalue weighted by molar-refractivity contribution is 6.19. The van der Waals surface area contributed by atoms with Crippen molar-refractivity contribution in [2.24, 2.45) is 0 Å². The van der Waals surface area contributed by atoms with Crippen molar-refractivity contribution in [3.8, 4) is 0 Å². The van der Waals surface area contributed by atoms with Crippen LogP contribution in [0.2, 0.25) is 0 Å². The molecule has 1 aromatic carbocycles. The van der Waals surface area contributed by atoms with Crippen LogP contribution >= 0.6 is 0 Å². The molecule has 1 N–H and O–H groups in total. The summed E-state index contributed by atoms with van der Waals surface area (Å²) < 4.78 is 4.77. The molecule has 2 rings (SSSR count). The number of rotatable bonds is 6. The van der Waals surface area contributed by atoms with Gasteiger partial charge < -0.3 is 10.1 Å². The zero-order chi connectivity index (χ0) is 16.7. The van der Waals surface area contributed by atoms with Crippen molar-refractivity contribution < 1.29 is 14.3 Å². The van der Waals surface area contributed by atoms with Gasteiger partial charge in [-0.15, -0.1) is 0 Å². The summed E-state index contributed by atoms with van der Waals surface area (Å²) in [5, 5.41) is 2.68. The maximum absolute atomic E-state index is 12.3. The summed E-state index contributed by atoms with van der Waals surface area (Å²) in [6.45, 7) is 3.80. The fourth-order valence-corrected chi connectivity index (χ4v) is 2.11. The average Bonchev–Trinajstić information content (AvgIpc) is 2.61. The van der Waals surface area contributed by atoms with Crippen LogP contribution in [0.5, 0.6) is 0 Å². The molecule has 1 aromatic heterocycles. The Kier molecular flexibility index (Phi) is 5.63. The number of esters is 1. The molecule has 5 heteroatoms. The predicted octanol–water partition coefficient (Wildman–Crippen LogP) is 2.00. The monoisotopic (exact) mass is 310 g/mol. The van der Waals surface area contributed by atoms with Gasteiger partial charge in [0.05, 0.1) is 7.11 Å². The number of aromatic nitrogens is 1. The molecule has 0 radical (unpaired) electrons. The molecular formula is C18H18N2O3.